The highest BCUT2D eigenvalue weighted by molar-refractivity contribution is 6.00. The molecule has 9 nitrogen and oxygen atoms in total. The van der Waals surface area contributed by atoms with Crippen LogP contribution in [0.3, 0.4) is 0 Å². The zero-order valence-corrected chi connectivity index (χ0v) is 14.9. The second-order valence-electron chi connectivity index (χ2n) is 6.44. The van der Waals surface area contributed by atoms with Crippen molar-refractivity contribution in [1.29, 1.82) is 0 Å². The first-order valence-corrected chi connectivity index (χ1v) is 8.22. The summed E-state index contributed by atoms with van der Waals surface area (Å²) in [6.45, 7) is 3.52. The van der Waals surface area contributed by atoms with E-state index in [4.69, 9.17) is 4.74 Å². The standard InChI is InChI=1S/C17H21N5O4/c1-17(12-9-19-20(3)10-12)11-21(6-7-26-17)15-5-4-13(22(24)25)8-14(15)16(23)18-2/h4-5,8-10H,6-7,11H2,1-3H3,(H,18,23). The Morgan fingerprint density at radius 3 is 2.85 bits per heavy atom. The Morgan fingerprint density at radius 2 is 2.23 bits per heavy atom. The van der Waals surface area contributed by atoms with Crippen LogP contribution in [0.4, 0.5) is 11.4 Å². The first-order chi connectivity index (χ1) is 12.3. The maximum atomic E-state index is 12.3. The number of aryl methyl sites for hydroxylation is 1. The number of benzene rings is 1. The zero-order chi connectivity index (χ0) is 18.9. The lowest BCUT2D eigenvalue weighted by atomic mass is 9.96. The van der Waals surface area contributed by atoms with Crippen molar-refractivity contribution in [2.45, 2.75) is 12.5 Å². The minimum absolute atomic E-state index is 0.115. The van der Waals surface area contributed by atoms with Gasteiger partial charge in [-0.15, -0.1) is 0 Å². The van der Waals surface area contributed by atoms with E-state index >= 15 is 0 Å². The third kappa shape index (κ3) is 3.25. The quantitative estimate of drug-likeness (QED) is 0.655. The summed E-state index contributed by atoms with van der Waals surface area (Å²) in [6, 6.07) is 4.35. The fraction of sp³-hybridized carbons (Fsp3) is 0.412. The maximum absolute atomic E-state index is 12.3. The summed E-state index contributed by atoms with van der Waals surface area (Å²) in [7, 11) is 3.34. The van der Waals surface area contributed by atoms with Crippen LogP contribution in [-0.2, 0) is 17.4 Å². The summed E-state index contributed by atoms with van der Waals surface area (Å²) in [6.07, 6.45) is 3.66. The molecule has 2 heterocycles. The van der Waals surface area contributed by atoms with Gasteiger partial charge in [-0.2, -0.15) is 5.10 Å². The van der Waals surface area contributed by atoms with Gasteiger partial charge >= 0.3 is 0 Å². The number of ether oxygens (including phenoxy) is 1. The Kier molecular flexibility index (Phi) is 4.64. The molecule has 1 aromatic heterocycles. The van der Waals surface area contributed by atoms with Crippen molar-refractivity contribution >= 4 is 17.3 Å². The van der Waals surface area contributed by atoms with Gasteiger partial charge in [-0.05, 0) is 13.0 Å². The third-order valence-electron chi connectivity index (χ3n) is 4.59. The summed E-state index contributed by atoms with van der Waals surface area (Å²) in [4.78, 5) is 24.9. The van der Waals surface area contributed by atoms with Crippen molar-refractivity contribution in [3.63, 3.8) is 0 Å². The summed E-state index contributed by atoms with van der Waals surface area (Å²) >= 11 is 0. The summed E-state index contributed by atoms with van der Waals surface area (Å²) < 4.78 is 7.71. The van der Waals surface area contributed by atoms with Gasteiger partial charge in [0.15, 0.2) is 0 Å². The molecule has 3 rings (SSSR count). The van der Waals surface area contributed by atoms with Crippen molar-refractivity contribution in [3.8, 4) is 0 Å². The second-order valence-corrected chi connectivity index (χ2v) is 6.44. The SMILES string of the molecule is CNC(=O)c1cc([N+](=O)[O-])ccc1N1CCOC(C)(c2cnn(C)c2)C1. The van der Waals surface area contributed by atoms with E-state index in [1.165, 1.54) is 19.2 Å². The number of anilines is 1. The number of nitro benzene ring substituents is 1. The highest BCUT2D eigenvalue weighted by Crippen LogP contribution is 2.34. The molecule has 1 unspecified atom stereocenters. The van der Waals surface area contributed by atoms with Crippen LogP contribution in [0, 0.1) is 10.1 Å². The lowest BCUT2D eigenvalue weighted by molar-refractivity contribution is -0.384. The van der Waals surface area contributed by atoms with Crippen LogP contribution in [0.2, 0.25) is 0 Å². The van der Waals surface area contributed by atoms with Gasteiger partial charge in [-0.25, -0.2) is 0 Å². The lowest BCUT2D eigenvalue weighted by Gasteiger charge is -2.41. The number of aromatic nitrogens is 2. The molecule has 9 heteroatoms. The molecule has 1 atom stereocenters. The molecule has 1 aromatic carbocycles. The molecule has 1 N–H and O–H groups in total. The predicted octanol–water partition coefficient (Wildman–Crippen LogP) is 1.44. The smallest absolute Gasteiger partial charge is 0.270 e. The summed E-state index contributed by atoms with van der Waals surface area (Å²) in [5, 5.41) is 17.8. The van der Waals surface area contributed by atoms with Gasteiger partial charge < -0.3 is 15.0 Å². The number of nitrogens with zero attached hydrogens (tertiary/aromatic N) is 4. The first kappa shape index (κ1) is 17.9. The van der Waals surface area contributed by atoms with Crippen molar-refractivity contribution in [1.82, 2.24) is 15.1 Å². The minimum atomic E-state index is -0.589. The van der Waals surface area contributed by atoms with Crippen molar-refractivity contribution in [3.05, 3.63) is 51.8 Å². The Bertz CT molecular complexity index is 849. The molecule has 0 bridgehead atoms. The number of hydrogen-bond donors (Lipinski definition) is 1. The van der Waals surface area contributed by atoms with E-state index in [2.05, 4.69) is 10.4 Å². The molecule has 1 amide bonds. The van der Waals surface area contributed by atoms with Gasteiger partial charge in [0.1, 0.15) is 5.60 Å². The van der Waals surface area contributed by atoms with Crippen molar-refractivity contribution < 1.29 is 14.5 Å². The maximum Gasteiger partial charge on any atom is 0.270 e. The topological polar surface area (TPSA) is 103 Å². The van der Waals surface area contributed by atoms with E-state index in [0.717, 1.165) is 5.56 Å². The van der Waals surface area contributed by atoms with Gasteiger partial charge in [0.25, 0.3) is 11.6 Å². The predicted molar refractivity (Wildman–Crippen MR) is 95.2 cm³/mol. The molecule has 2 aromatic rings. The van der Waals surface area contributed by atoms with Gasteiger partial charge in [0.2, 0.25) is 0 Å². The Hall–Kier alpha value is -2.94. The van der Waals surface area contributed by atoms with E-state index < -0.39 is 10.5 Å². The Labute approximate surface area is 150 Å². The number of nitrogens with one attached hydrogen (secondary N) is 1. The van der Waals surface area contributed by atoms with Crippen LogP contribution in [0.1, 0.15) is 22.8 Å². The fourth-order valence-corrected chi connectivity index (χ4v) is 3.17. The van der Waals surface area contributed by atoms with Crippen LogP contribution in [0.5, 0.6) is 0 Å². The number of carbonyl (C=O) groups excluding carboxylic acids is 1. The first-order valence-electron chi connectivity index (χ1n) is 8.22. The molecule has 1 saturated heterocycles. The largest absolute Gasteiger partial charge is 0.367 e. The van der Waals surface area contributed by atoms with Gasteiger partial charge in [-0.1, -0.05) is 0 Å². The van der Waals surface area contributed by atoms with Gasteiger partial charge in [0.05, 0.1) is 35.5 Å². The number of carbonyl (C=O) groups is 1. The molecule has 0 spiro atoms. The second kappa shape index (κ2) is 6.75. The average molecular weight is 359 g/mol. The Morgan fingerprint density at radius 1 is 1.46 bits per heavy atom. The monoisotopic (exact) mass is 359 g/mol. The van der Waals surface area contributed by atoms with Crippen LogP contribution >= 0.6 is 0 Å². The summed E-state index contributed by atoms with van der Waals surface area (Å²) in [5.74, 6) is -0.363. The number of hydrogen-bond acceptors (Lipinski definition) is 6. The molecule has 1 aliphatic heterocycles. The number of rotatable bonds is 4. The molecule has 138 valence electrons. The normalized spacial score (nSPS) is 20.0. The van der Waals surface area contributed by atoms with Gasteiger partial charge in [0, 0.05) is 44.5 Å². The fourth-order valence-electron chi connectivity index (χ4n) is 3.17. The van der Waals surface area contributed by atoms with E-state index in [9.17, 15) is 14.9 Å². The highest BCUT2D eigenvalue weighted by atomic mass is 16.6. The van der Waals surface area contributed by atoms with Crippen molar-refractivity contribution in [2.75, 3.05) is 31.6 Å². The molecule has 1 fully saturated rings. The zero-order valence-electron chi connectivity index (χ0n) is 14.9. The molecule has 0 radical (unpaired) electrons. The molecule has 0 saturated carbocycles. The van der Waals surface area contributed by atoms with Crippen LogP contribution in [0.15, 0.2) is 30.6 Å². The highest BCUT2D eigenvalue weighted by Gasteiger charge is 2.36. The third-order valence-corrected chi connectivity index (χ3v) is 4.59. The molecular formula is C17H21N5O4. The minimum Gasteiger partial charge on any atom is -0.367 e. The number of amides is 1. The molecule has 0 aliphatic carbocycles. The summed E-state index contributed by atoms with van der Waals surface area (Å²) in [5.41, 5.74) is 1.16. The molecule has 1 aliphatic rings. The van der Waals surface area contributed by atoms with Crippen LogP contribution in [0.25, 0.3) is 0 Å². The van der Waals surface area contributed by atoms with E-state index in [-0.39, 0.29) is 17.2 Å². The lowest BCUT2D eigenvalue weighted by Crippen LogP contribution is -2.48. The van der Waals surface area contributed by atoms with Crippen LogP contribution in [-0.4, -0.2) is 47.4 Å². The van der Waals surface area contributed by atoms with Gasteiger partial charge in [-0.3, -0.25) is 19.6 Å². The molecule has 26 heavy (non-hydrogen) atoms. The van der Waals surface area contributed by atoms with E-state index in [0.29, 0.717) is 25.4 Å². The number of non-ortho nitro benzene ring substituents is 1. The number of morpholine rings is 1. The van der Waals surface area contributed by atoms with Crippen molar-refractivity contribution in [2.24, 2.45) is 7.05 Å². The Balaban J connectivity index is 1.97. The average Bonchev–Trinajstić information content (AvgIpc) is 3.08. The number of nitro groups is 1. The van der Waals surface area contributed by atoms with Crippen LogP contribution < -0.4 is 10.2 Å². The van der Waals surface area contributed by atoms with E-state index in [1.807, 2.05) is 25.1 Å². The van der Waals surface area contributed by atoms with E-state index in [1.54, 1.807) is 16.9 Å². The molecular weight excluding hydrogens is 338 g/mol.